The predicted molar refractivity (Wildman–Crippen MR) is 111 cm³/mol. The van der Waals surface area contributed by atoms with Gasteiger partial charge in [0.2, 0.25) is 0 Å². The van der Waals surface area contributed by atoms with Gasteiger partial charge in [-0.15, -0.1) is 0 Å². The Morgan fingerprint density at radius 1 is 1.16 bits per heavy atom. The molecule has 0 fully saturated rings. The third-order valence-electron chi connectivity index (χ3n) is 5.19. The molecule has 0 saturated heterocycles. The second-order valence-electron chi connectivity index (χ2n) is 7.38. The van der Waals surface area contributed by atoms with Crippen molar-refractivity contribution in [3.63, 3.8) is 0 Å². The average molecular weight is 444 g/mol. The predicted octanol–water partition coefficient (Wildman–Crippen LogP) is 3.93. The quantitative estimate of drug-likeness (QED) is 0.624. The van der Waals surface area contributed by atoms with Crippen LogP contribution in [-0.4, -0.2) is 23.6 Å². The summed E-state index contributed by atoms with van der Waals surface area (Å²) in [7, 11) is 0. The number of hydrogen-bond donors (Lipinski definition) is 2. The summed E-state index contributed by atoms with van der Waals surface area (Å²) in [5, 5.41) is 0. The number of primary amides is 1. The molecule has 4 rings (SSSR count). The van der Waals surface area contributed by atoms with Crippen LogP contribution in [0.3, 0.4) is 0 Å². The van der Waals surface area contributed by atoms with E-state index in [-0.39, 0.29) is 23.8 Å². The number of H-pyrrole nitrogens is 1. The number of rotatable bonds is 5. The van der Waals surface area contributed by atoms with Gasteiger partial charge < -0.3 is 20.2 Å². The van der Waals surface area contributed by atoms with E-state index in [1.807, 2.05) is 24.3 Å². The van der Waals surface area contributed by atoms with E-state index in [2.05, 4.69) is 0 Å². The van der Waals surface area contributed by atoms with Crippen molar-refractivity contribution in [3.05, 3.63) is 81.8 Å². The third-order valence-corrected chi connectivity index (χ3v) is 5.19. The maximum Gasteiger partial charge on any atom is 0.431 e. The van der Waals surface area contributed by atoms with Crippen molar-refractivity contribution in [2.24, 2.45) is 5.73 Å². The molecule has 1 atom stereocenters. The lowest BCUT2D eigenvalue weighted by atomic mass is 10.0. The highest BCUT2D eigenvalue weighted by Crippen LogP contribution is 2.36. The van der Waals surface area contributed by atoms with E-state index in [1.54, 1.807) is 4.98 Å². The van der Waals surface area contributed by atoms with Gasteiger partial charge in [0.1, 0.15) is 35.5 Å². The Hall–Kier alpha value is -3.75. The summed E-state index contributed by atoms with van der Waals surface area (Å²) in [5.74, 6) is 0.158. The molecule has 1 amide bonds. The summed E-state index contributed by atoms with van der Waals surface area (Å²) in [6, 6.07) is 14.5. The highest BCUT2D eigenvalue weighted by molar-refractivity contribution is 5.94. The Bertz CT molecular complexity index is 1200. The number of halogens is 3. The van der Waals surface area contributed by atoms with Gasteiger partial charge in [0.25, 0.3) is 11.5 Å². The fraction of sp³-hybridized carbons (Fsp3) is 0.217. The van der Waals surface area contributed by atoms with E-state index in [1.165, 1.54) is 24.3 Å². The minimum absolute atomic E-state index is 0.140. The second-order valence-corrected chi connectivity index (χ2v) is 7.38. The number of nitrogens with one attached hydrogen (secondary N) is 1. The van der Waals surface area contributed by atoms with Gasteiger partial charge >= 0.3 is 6.18 Å². The number of alkyl halides is 3. The van der Waals surface area contributed by atoms with E-state index in [0.29, 0.717) is 5.75 Å². The Morgan fingerprint density at radius 2 is 1.88 bits per heavy atom. The normalized spacial score (nSPS) is 15.5. The fourth-order valence-corrected chi connectivity index (χ4v) is 3.58. The number of hydrogen-bond acceptors (Lipinski definition) is 4. The zero-order chi connectivity index (χ0) is 22.9. The average Bonchev–Trinajstić information content (AvgIpc) is 2.77. The lowest BCUT2D eigenvalue weighted by Gasteiger charge is -2.26. The van der Waals surface area contributed by atoms with Crippen LogP contribution in [0, 0.1) is 0 Å². The first-order valence-corrected chi connectivity index (χ1v) is 9.84. The minimum Gasteiger partial charge on any atom is -0.490 e. The van der Waals surface area contributed by atoms with Crippen LogP contribution >= 0.6 is 0 Å². The summed E-state index contributed by atoms with van der Waals surface area (Å²) in [4.78, 5) is 24.9. The van der Waals surface area contributed by atoms with Gasteiger partial charge in [-0.3, -0.25) is 9.59 Å². The number of para-hydroxylation sites is 1. The minimum atomic E-state index is -4.82. The van der Waals surface area contributed by atoms with E-state index in [0.717, 1.165) is 30.2 Å². The molecule has 1 aliphatic rings. The molecule has 3 N–H and O–H groups in total. The number of aryl methyl sites for hydroxylation is 1. The molecule has 9 heteroatoms. The van der Waals surface area contributed by atoms with Crippen LogP contribution in [-0.2, 0) is 12.6 Å². The fourth-order valence-electron chi connectivity index (χ4n) is 3.58. The smallest absolute Gasteiger partial charge is 0.431 e. The largest absolute Gasteiger partial charge is 0.490 e. The number of carbonyl (C=O) groups is 1. The summed E-state index contributed by atoms with van der Waals surface area (Å²) in [6.45, 7) is 0.284. The second kappa shape index (κ2) is 8.41. The third kappa shape index (κ3) is 4.46. The topological polar surface area (TPSA) is 94.4 Å². The molecule has 2 heterocycles. The first-order chi connectivity index (χ1) is 15.2. The molecular weight excluding hydrogens is 425 g/mol. The molecule has 1 unspecified atom stereocenters. The molecule has 0 saturated carbocycles. The number of benzene rings is 2. The van der Waals surface area contributed by atoms with Gasteiger partial charge in [-0.05, 0) is 48.2 Å². The van der Waals surface area contributed by atoms with Crippen molar-refractivity contribution in [1.29, 1.82) is 0 Å². The van der Waals surface area contributed by atoms with Crippen LogP contribution in [0.1, 0.15) is 28.0 Å². The number of aromatic amines is 1. The summed E-state index contributed by atoms with van der Waals surface area (Å²) >= 11 is 0. The van der Waals surface area contributed by atoms with Crippen molar-refractivity contribution in [1.82, 2.24) is 4.98 Å². The van der Waals surface area contributed by atoms with Gasteiger partial charge in [-0.2, -0.15) is 13.2 Å². The Labute approximate surface area is 180 Å². The van der Waals surface area contributed by atoms with Crippen molar-refractivity contribution < 1.29 is 27.4 Å². The summed E-state index contributed by atoms with van der Waals surface area (Å²) in [6.07, 6.45) is -3.30. The number of amides is 1. The summed E-state index contributed by atoms with van der Waals surface area (Å²) < 4.78 is 52.0. The number of ether oxygens (including phenoxy) is 2. The Morgan fingerprint density at radius 3 is 2.56 bits per heavy atom. The first-order valence-electron chi connectivity index (χ1n) is 9.84. The molecule has 32 heavy (non-hydrogen) atoms. The van der Waals surface area contributed by atoms with E-state index >= 15 is 0 Å². The Balaban J connectivity index is 1.52. The highest BCUT2D eigenvalue weighted by atomic mass is 19.4. The van der Waals surface area contributed by atoms with Crippen LogP contribution in [0.4, 0.5) is 13.2 Å². The van der Waals surface area contributed by atoms with Crippen molar-refractivity contribution in [3.8, 4) is 22.6 Å². The van der Waals surface area contributed by atoms with Crippen LogP contribution in [0.2, 0.25) is 0 Å². The van der Waals surface area contributed by atoms with Gasteiger partial charge in [-0.1, -0.05) is 30.3 Å². The van der Waals surface area contributed by atoms with E-state index in [9.17, 15) is 22.8 Å². The molecule has 6 nitrogen and oxygen atoms in total. The zero-order valence-electron chi connectivity index (χ0n) is 16.7. The van der Waals surface area contributed by atoms with E-state index < -0.39 is 28.9 Å². The first kappa shape index (κ1) is 21.5. The molecule has 0 spiro atoms. The molecule has 1 aromatic heterocycles. The van der Waals surface area contributed by atoms with Crippen molar-refractivity contribution >= 4 is 5.91 Å². The molecule has 0 aliphatic carbocycles. The van der Waals surface area contributed by atoms with Gasteiger partial charge in [0, 0.05) is 5.56 Å². The number of nitrogens with two attached hydrogens (primary N) is 1. The lowest BCUT2D eigenvalue weighted by molar-refractivity contribution is -0.140. The van der Waals surface area contributed by atoms with Gasteiger partial charge in [-0.25, -0.2) is 0 Å². The summed E-state index contributed by atoms with van der Waals surface area (Å²) in [5.41, 5.74) is 3.05. The number of pyridine rings is 1. The van der Waals surface area contributed by atoms with Crippen molar-refractivity contribution in [2.45, 2.75) is 25.1 Å². The number of carbonyl (C=O) groups excluding carboxylic acids is 1. The van der Waals surface area contributed by atoms with Crippen LogP contribution < -0.4 is 20.8 Å². The standard InChI is InChI=1S/C23H19F3N2O4/c24-23(25,26)20-17(11-18(21(27)29)22(30)28-20)13-5-8-15(9-6-13)31-12-16-10-7-14-3-1-2-4-19(14)32-16/h1-6,8-9,11,16H,7,10,12H2,(H2,27,29)(H,28,30). The van der Waals surface area contributed by atoms with Crippen LogP contribution in [0.5, 0.6) is 11.5 Å². The molecule has 0 bridgehead atoms. The van der Waals surface area contributed by atoms with Gasteiger partial charge in [0.05, 0.1) is 0 Å². The number of aromatic nitrogens is 1. The molecular formula is C23H19F3N2O4. The SMILES string of the molecule is NC(=O)c1cc(-c2ccc(OCC3CCc4ccccc4O3)cc2)c(C(F)(F)F)[nH]c1=O. The van der Waals surface area contributed by atoms with Crippen LogP contribution in [0.25, 0.3) is 11.1 Å². The monoisotopic (exact) mass is 444 g/mol. The molecule has 1 aliphatic heterocycles. The highest BCUT2D eigenvalue weighted by Gasteiger charge is 2.36. The molecule has 0 radical (unpaired) electrons. The Kier molecular flexibility index (Phi) is 5.65. The molecule has 3 aromatic rings. The maximum atomic E-state index is 13.4. The molecule has 2 aromatic carbocycles. The van der Waals surface area contributed by atoms with E-state index in [4.69, 9.17) is 15.2 Å². The zero-order valence-corrected chi connectivity index (χ0v) is 16.7. The molecule has 166 valence electrons. The van der Waals surface area contributed by atoms with Crippen molar-refractivity contribution in [2.75, 3.05) is 6.61 Å². The lowest BCUT2D eigenvalue weighted by Crippen LogP contribution is -2.29. The number of fused-ring (bicyclic) bond motifs is 1. The van der Waals surface area contributed by atoms with Gasteiger partial charge in [0.15, 0.2) is 0 Å². The van der Waals surface area contributed by atoms with Crippen LogP contribution in [0.15, 0.2) is 59.4 Å². The maximum absolute atomic E-state index is 13.4.